The van der Waals surface area contributed by atoms with Gasteiger partial charge in [-0.05, 0) is 23.8 Å². The highest BCUT2D eigenvalue weighted by Crippen LogP contribution is 2.31. The van der Waals surface area contributed by atoms with Crippen molar-refractivity contribution >= 4 is 0 Å². The predicted molar refractivity (Wildman–Crippen MR) is 51.3 cm³/mol. The number of halogens is 2. The van der Waals surface area contributed by atoms with Gasteiger partial charge in [-0.1, -0.05) is 18.7 Å². The van der Waals surface area contributed by atoms with Crippen LogP contribution in [-0.4, -0.2) is 11.0 Å². The number of aliphatic hydroxyl groups is 1. The maximum atomic E-state index is 13.0. The first kappa shape index (κ1) is 11.3. The monoisotopic (exact) mass is 209 g/mol. The fourth-order valence-electron chi connectivity index (χ4n) is 1.07. The van der Waals surface area contributed by atoms with Crippen molar-refractivity contribution < 1.29 is 13.9 Å². The third-order valence-electron chi connectivity index (χ3n) is 1.99. The van der Waals surface area contributed by atoms with E-state index in [2.05, 4.69) is 6.58 Å². The summed E-state index contributed by atoms with van der Waals surface area (Å²) in [5.74, 6) is -3.37. The van der Waals surface area contributed by atoms with Crippen molar-refractivity contribution in [2.75, 3.05) is 0 Å². The number of hydrogen-bond donors (Lipinski definition) is 1. The molecule has 0 radical (unpaired) electrons. The number of rotatable bonds is 3. The molecule has 0 aliphatic carbocycles. The first-order chi connectivity index (χ1) is 7.01. The number of nitrogens with zero attached hydrogens (tertiary/aromatic N) is 1. The molecule has 1 atom stereocenters. The lowest BCUT2D eigenvalue weighted by Crippen LogP contribution is -2.23. The van der Waals surface area contributed by atoms with E-state index in [0.717, 1.165) is 0 Å². The molecule has 0 saturated carbocycles. The summed E-state index contributed by atoms with van der Waals surface area (Å²) in [4.78, 5) is 0. The number of hydrogen-bond acceptors (Lipinski definition) is 2. The van der Waals surface area contributed by atoms with Gasteiger partial charge in [0.1, 0.15) is 6.10 Å². The van der Waals surface area contributed by atoms with Crippen LogP contribution < -0.4 is 0 Å². The average Bonchev–Trinajstić information content (AvgIpc) is 2.28. The fraction of sp³-hybridized carbons (Fsp3) is 0.182. The van der Waals surface area contributed by atoms with Crippen molar-refractivity contribution in [3.05, 3.63) is 48.0 Å². The van der Waals surface area contributed by atoms with Crippen LogP contribution in [0.25, 0.3) is 0 Å². The molecule has 0 unspecified atom stereocenters. The summed E-state index contributed by atoms with van der Waals surface area (Å²) in [6, 6.07) is 7.19. The molecule has 0 aliphatic heterocycles. The highest BCUT2D eigenvalue weighted by atomic mass is 19.3. The first-order valence-corrected chi connectivity index (χ1v) is 4.21. The molecule has 0 saturated heterocycles. The summed E-state index contributed by atoms with van der Waals surface area (Å²) in [6.45, 7) is 2.95. The van der Waals surface area contributed by atoms with Crippen LogP contribution in [0.2, 0.25) is 0 Å². The van der Waals surface area contributed by atoms with E-state index in [4.69, 9.17) is 5.26 Å². The normalized spacial score (nSPS) is 12.9. The molecule has 0 aliphatic rings. The Morgan fingerprint density at radius 1 is 1.40 bits per heavy atom. The lowest BCUT2D eigenvalue weighted by Gasteiger charge is -2.18. The van der Waals surface area contributed by atoms with Crippen LogP contribution >= 0.6 is 0 Å². The highest BCUT2D eigenvalue weighted by molar-refractivity contribution is 5.33. The molecule has 0 heterocycles. The molecule has 1 aromatic carbocycles. The Hall–Kier alpha value is -1.73. The first-order valence-electron chi connectivity index (χ1n) is 4.21. The van der Waals surface area contributed by atoms with E-state index in [0.29, 0.717) is 11.6 Å². The van der Waals surface area contributed by atoms with E-state index in [1.165, 1.54) is 24.3 Å². The van der Waals surface area contributed by atoms with Crippen LogP contribution in [0.1, 0.15) is 17.2 Å². The molecule has 0 aromatic heterocycles. The second-order valence-corrected chi connectivity index (χ2v) is 3.02. The Bertz CT molecular complexity index is 392. The Labute approximate surface area is 86.1 Å². The van der Waals surface area contributed by atoms with Crippen LogP contribution in [0.4, 0.5) is 8.78 Å². The molecule has 0 bridgehead atoms. The van der Waals surface area contributed by atoms with Crippen LogP contribution in [-0.2, 0) is 0 Å². The van der Waals surface area contributed by atoms with E-state index in [1.807, 2.05) is 6.07 Å². The van der Waals surface area contributed by atoms with E-state index in [-0.39, 0.29) is 5.56 Å². The van der Waals surface area contributed by atoms with Crippen molar-refractivity contribution in [3.8, 4) is 6.07 Å². The number of aliphatic hydroxyl groups excluding tert-OH is 1. The molecule has 1 rings (SSSR count). The summed E-state index contributed by atoms with van der Waals surface area (Å²) in [7, 11) is 0. The summed E-state index contributed by atoms with van der Waals surface area (Å²) in [5, 5.41) is 17.8. The number of alkyl halides is 2. The van der Waals surface area contributed by atoms with Crippen LogP contribution in [0.15, 0.2) is 36.9 Å². The van der Waals surface area contributed by atoms with Crippen molar-refractivity contribution in [2.24, 2.45) is 0 Å². The van der Waals surface area contributed by atoms with Crippen LogP contribution in [0.5, 0.6) is 0 Å². The average molecular weight is 209 g/mol. The molecule has 15 heavy (non-hydrogen) atoms. The third kappa shape index (κ3) is 2.39. The zero-order valence-electron chi connectivity index (χ0n) is 7.82. The lowest BCUT2D eigenvalue weighted by molar-refractivity contribution is -0.0712. The van der Waals surface area contributed by atoms with Crippen molar-refractivity contribution in [2.45, 2.75) is 12.0 Å². The molecule has 0 fully saturated rings. The number of benzene rings is 1. The maximum Gasteiger partial charge on any atom is 0.295 e. The van der Waals surface area contributed by atoms with Crippen molar-refractivity contribution in [1.29, 1.82) is 5.26 Å². The van der Waals surface area contributed by atoms with E-state index < -0.39 is 12.0 Å². The second-order valence-electron chi connectivity index (χ2n) is 3.02. The molecule has 0 amide bonds. The van der Waals surface area contributed by atoms with E-state index in [9.17, 15) is 13.9 Å². The van der Waals surface area contributed by atoms with Crippen LogP contribution in [0.3, 0.4) is 0 Å². The van der Waals surface area contributed by atoms with Gasteiger partial charge in [0.05, 0.1) is 11.6 Å². The Kier molecular flexibility index (Phi) is 3.17. The number of nitriles is 1. The van der Waals surface area contributed by atoms with Gasteiger partial charge in [0.2, 0.25) is 0 Å². The summed E-state index contributed by atoms with van der Waals surface area (Å²) >= 11 is 0. The van der Waals surface area contributed by atoms with E-state index in [1.54, 1.807) is 0 Å². The van der Waals surface area contributed by atoms with Gasteiger partial charge in [0.15, 0.2) is 0 Å². The van der Waals surface area contributed by atoms with Crippen molar-refractivity contribution in [1.82, 2.24) is 0 Å². The molecule has 78 valence electrons. The third-order valence-corrected chi connectivity index (χ3v) is 1.99. The van der Waals surface area contributed by atoms with Gasteiger partial charge in [0.25, 0.3) is 5.92 Å². The molecule has 1 N–H and O–H groups in total. The molecule has 2 nitrogen and oxygen atoms in total. The molecule has 4 heteroatoms. The maximum absolute atomic E-state index is 13.0. The Morgan fingerprint density at radius 3 is 2.33 bits per heavy atom. The van der Waals surface area contributed by atoms with Gasteiger partial charge in [-0.2, -0.15) is 14.0 Å². The zero-order chi connectivity index (χ0) is 11.5. The minimum atomic E-state index is -3.37. The molecule has 1 aromatic rings. The minimum Gasteiger partial charge on any atom is -0.382 e. The minimum absolute atomic E-state index is 0.0545. The largest absolute Gasteiger partial charge is 0.382 e. The van der Waals surface area contributed by atoms with Crippen LogP contribution in [0, 0.1) is 11.3 Å². The fourth-order valence-corrected chi connectivity index (χ4v) is 1.07. The van der Waals surface area contributed by atoms with Gasteiger partial charge < -0.3 is 5.11 Å². The summed E-state index contributed by atoms with van der Waals surface area (Å²) < 4.78 is 26.0. The van der Waals surface area contributed by atoms with Gasteiger partial charge in [0, 0.05) is 0 Å². The Balaban J connectivity index is 2.98. The smallest absolute Gasteiger partial charge is 0.295 e. The summed E-state index contributed by atoms with van der Waals surface area (Å²) in [6.07, 6.45) is -1.53. The predicted octanol–water partition coefficient (Wildman–Crippen LogP) is 2.41. The molecule has 0 spiro atoms. The van der Waals surface area contributed by atoms with Gasteiger partial charge >= 0.3 is 0 Å². The van der Waals surface area contributed by atoms with Gasteiger partial charge in [-0.3, -0.25) is 0 Å². The summed E-state index contributed by atoms with van der Waals surface area (Å²) in [5.41, 5.74) is 0.409. The quantitative estimate of drug-likeness (QED) is 0.777. The Morgan fingerprint density at radius 2 is 1.93 bits per heavy atom. The van der Waals surface area contributed by atoms with E-state index >= 15 is 0 Å². The standard InChI is InChI=1S/C11H9F2NO/c1-2-11(12,13)10(15)9-5-3-8(7-14)4-6-9/h2-6,10,15H,1H2/t10-/m0/s1. The molecular formula is C11H9F2NO. The van der Waals surface area contributed by atoms with Crippen molar-refractivity contribution in [3.63, 3.8) is 0 Å². The SMILES string of the molecule is C=CC(F)(F)[C@@H](O)c1ccc(C#N)cc1. The van der Waals surface area contributed by atoms with Gasteiger partial charge in [-0.15, -0.1) is 0 Å². The van der Waals surface area contributed by atoms with Gasteiger partial charge in [-0.25, -0.2) is 0 Å². The second kappa shape index (κ2) is 4.20. The zero-order valence-corrected chi connectivity index (χ0v) is 7.82. The lowest BCUT2D eigenvalue weighted by atomic mass is 10.0. The highest BCUT2D eigenvalue weighted by Gasteiger charge is 2.35. The molecular weight excluding hydrogens is 200 g/mol. The topological polar surface area (TPSA) is 44.0 Å².